The molecule has 0 aliphatic heterocycles. The molecule has 0 aliphatic rings. The molecule has 9 heteroatoms. The highest BCUT2D eigenvalue weighted by Crippen LogP contribution is 2.29. The monoisotopic (exact) mass is 376 g/mol. The molecule has 0 aliphatic carbocycles. The lowest BCUT2D eigenvalue weighted by atomic mass is 10.1. The van der Waals surface area contributed by atoms with Crippen molar-refractivity contribution in [3.8, 4) is 16.9 Å². The van der Waals surface area contributed by atoms with Crippen LogP contribution in [0.2, 0.25) is 0 Å². The van der Waals surface area contributed by atoms with E-state index in [4.69, 9.17) is 9.47 Å². The number of nitrogens with zero attached hydrogens (tertiary/aromatic N) is 3. The number of alkyl carbamates (subject to hydrolysis) is 1. The molecule has 0 bridgehead atoms. The molecule has 0 saturated heterocycles. The molecular weight excluding hydrogens is 352 g/mol. The summed E-state index contributed by atoms with van der Waals surface area (Å²) in [7, 11) is 1.76. The van der Waals surface area contributed by atoms with Crippen LogP contribution in [0.3, 0.4) is 0 Å². The number of benzene rings is 1. The molecule has 0 fully saturated rings. The Kier molecular flexibility index (Phi) is 6.04. The van der Waals surface area contributed by atoms with Crippen LogP contribution in [0.4, 0.5) is 10.5 Å². The number of amides is 1. The lowest BCUT2D eigenvalue weighted by Gasteiger charge is -2.22. The van der Waals surface area contributed by atoms with Crippen molar-refractivity contribution in [2.45, 2.75) is 39.3 Å². The number of aromatic nitrogens is 2. The van der Waals surface area contributed by atoms with Gasteiger partial charge in [-0.3, -0.25) is 14.8 Å². The summed E-state index contributed by atoms with van der Waals surface area (Å²) in [6.07, 6.45) is 2.29. The number of aryl methyl sites for hydroxylation is 1. The molecule has 0 saturated carbocycles. The number of rotatable bonds is 6. The number of hydrogen-bond acceptors (Lipinski definition) is 6. The van der Waals surface area contributed by atoms with Crippen LogP contribution in [0.15, 0.2) is 30.6 Å². The Labute approximate surface area is 157 Å². The standard InChI is InChI=1S/C18H24N4O5/c1-12(27-17(23)20-18(2,3)4)11-26-16-7-13(6-15(8-16)22(24)25)14-9-19-21(5)10-14/h6-10,12H,11H2,1-5H3,(H,20,23). The van der Waals surface area contributed by atoms with E-state index in [1.807, 2.05) is 20.8 Å². The van der Waals surface area contributed by atoms with Crippen molar-refractivity contribution in [1.82, 2.24) is 15.1 Å². The summed E-state index contributed by atoms with van der Waals surface area (Å²) in [6.45, 7) is 7.28. The minimum atomic E-state index is -0.548. The second-order valence-electron chi connectivity index (χ2n) is 7.28. The summed E-state index contributed by atoms with van der Waals surface area (Å²) >= 11 is 0. The molecule has 1 aromatic carbocycles. The molecule has 1 amide bonds. The molecule has 1 unspecified atom stereocenters. The number of hydrogen-bond donors (Lipinski definition) is 1. The summed E-state index contributed by atoms with van der Waals surface area (Å²) in [5, 5.41) is 18.0. The molecular formula is C18H24N4O5. The Bertz CT molecular complexity index is 825. The predicted octanol–water partition coefficient (Wildman–Crippen LogP) is 3.29. The first kappa shape index (κ1) is 20.2. The first-order chi connectivity index (χ1) is 12.5. The van der Waals surface area contributed by atoms with E-state index in [-0.39, 0.29) is 12.3 Å². The van der Waals surface area contributed by atoms with Gasteiger partial charge < -0.3 is 14.8 Å². The fraction of sp³-hybridized carbons (Fsp3) is 0.444. The third-order valence-electron chi connectivity index (χ3n) is 3.41. The van der Waals surface area contributed by atoms with Gasteiger partial charge in [0.25, 0.3) is 5.69 Å². The molecule has 1 heterocycles. The Morgan fingerprint density at radius 3 is 2.59 bits per heavy atom. The fourth-order valence-corrected chi connectivity index (χ4v) is 2.28. The molecule has 27 heavy (non-hydrogen) atoms. The Morgan fingerprint density at radius 1 is 1.33 bits per heavy atom. The SMILES string of the molecule is CC(COc1cc(-c2cnn(C)c2)cc([N+](=O)[O-])c1)OC(=O)NC(C)(C)C. The van der Waals surface area contributed by atoms with Crippen molar-refractivity contribution >= 4 is 11.8 Å². The molecule has 146 valence electrons. The summed E-state index contributed by atoms with van der Waals surface area (Å²) in [5.41, 5.74) is 0.854. The molecule has 1 aromatic heterocycles. The van der Waals surface area contributed by atoms with Crippen molar-refractivity contribution < 1.29 is 19.2 Å². The Hall–Kier alpha value is -3.10. The molecule has 1 atom stereocenters. The number of carbonyl (C=O) groups is 1. The van der Waals surface area contributed by atoms with Crippen LogP contribution in [0.5, 0.6) is 5.75 Å². The number of nitro groups is 1. The maximum Gasteiger partial charge on any atom is 0.407 e. The van der Waals surface area contributed by atoms with Gasteiger partial charge >= 0.3 is 6.09 Å². The third kappa shape index (κ3) is 6.28. The molecule has 0 spiro atoms. The number of carbonyl (C=O) groups excluding carboxylic acids is 1. The molecule has 0 radical (unpaired) electrons. The summed E-state index contributed by atoms with van der Waals surface area (Å²) in [5.74, 6) is 0.315. The highest BCUT2D eigenvalue weighted by Gasteiger charge is 2.18. The van der Waals surface area contributed by atoms with Crippen molar-refractivity contribution in [2.24, 2.45) is 7.05 Å². The van der Waals surface area contributed by atoms with Gasteiger partial charge in [0.05, 0.1) is 17.2 Å². The van der Waals surface area contributed by atoms with E-state index in [9.17, 15) is 14.9 Å². The van der Waals surface area contributed by atoms with E-state index in [1.165, 1.54) is 12.1 Å². The van der Waals surface area contributed by atoms with Gasteiger partial charge in [-0.15, -0.1) is 0 Å². The van der Waals surface area contributed by atoms with E-state index >= 15 is 0 Å². The van der Waals surface area contributed by atoms with E-state index < -0.39 is 22.7 Å². The number of ether oxygens (including phenoxy) is 2. The van der Waals surface area contributed by atoms with Crippen molar-refractivity contribution in [2.75, 3.05) is 6.61 Å². The number of non-ortho nitro benzene ring substituents is 1. The van der Waals surface area contributed by atoms with Crippen molar-refractivity contribution in [3.05, 3.63) is 40.7 Å². The topological polar surface area (TPSA) is 109 Å². The fourth-order valence-electron chi connectivity index (χ4n) is 2.28. The predicted molar refractivity (Wildman–Crippen MR) is 99.6 cm³/mol. The van der Waals surface area contributed by atoms with E-state index in [2.05, 4.69) is 10.4 Å². The maximum atomic E-state index is 11.8. The van der Waals surface area contributed by atoms with E-state index in [0.29, 0.717) is 11.3 Å². The Morgan fingerprint density at radius 2 is 2.04 bits per heavy atom. The second-order valence-corrected chi connectivity index (χ2v) is 7.28. The summed E-state index contributed by atoms with van der Waals surface area (Å²) in [4.78, 5) is 22.5. The van der Waals surface area contributed by atoms with Crippen LogP contribution in [0.25, 0.3) is 11.1 Å². The van der Waals surface area contributed by atoms with Gasteiger partial charge in [0.15, 0.2) is 0 Å². The highest BCUT2D eigenvalue weighted by molar-refractivity contribution is 5.68. The van der Waals surface area contributed by atoms with Crippen LogP contribution in [0, 0.1) is 10.1 Å². The largest absolute Gasteiger partial charge is 0.489 e. The molecule has 2 rings (SSSR count). The maximum absolute atomic E-state index is 11.8. The van der Waals surface area contributed by atoms with Gasteiger partial charge in [0, 0.05) is 30.4 Å². The average molecular weight is 376 g/mol. The normalized spacial score (nSPS) is 12.3. The lowest BCUT2D eigenvalue weighted by molar-refractivity contribution is -0.384. The minimum absolute atomic E-state index is 0.0607. The van der Waals surface area contributed by atoms with Gasteiger partial charge in [0.2, 0.25) is 0 Å². The zero-order valence-corrected chi connectivity index (χ0v) is 16.1. The number of nitrogens with one attached hydrogen (secondary N) is 1. The molecule has 9 nitrogen and oxygen atoms in total. The minimum Gasteiger partial charge on any atom is -0.489 e. The van der Waals surface area contributed by atoms with Crippen molar-refractivity contribution in [1.29, 1.82) is 0 Å². The lowest BCUT2D eigenvalue weighted by Crippen LogP contribution is -2.42. The summed E-state index contributed by atoms with van der Waals surface area (Å²) in [6, 6.07) is 4.48. The van der Waals surface area contributed by atoms with Crippen LogP contribution in [-0.2, 0) is 11.8 Å². The zero-order valence-electron chi connectivity index (χ0n) is 16.1. The highest BCUT2D eigenvalue weighted by atomic mass is 16.6. The van der Waals surface area contributed by atoms with Crippen molar-refractivity contribution in [3.63, 3.8) is 0 Å². The average Bonchev–Trinajstić information content (AvgIpc) is 2.97. The zero-order chi connectivity index (χ0) is 20.2. The van der Waals surface area contributed by atoms with Crippen LogP contribution >= 0.6 is 0 Å². The smallest absolute Gasteiger partial charge is 0.407 e. The van der Waals surface area contributed by atoms with Crippen LogP contribution in [0.1, 0.15) is 27.7 Å². The first-order valence-electron chi connectivity index (χ1n) is 8.43. The van der Waals surface area contributed by atoms with E-state index in [1.54, 1.807) is 37.1 Å². The van der Waals surface area contributed by atoms with Gasteiger partial charge in [-0.05, 0) is 39.3 Å². The molecule has 1 N–H and O–H groups in total. The van der Waals surface area contributed by atoms with Gasteiger partial charge in [-0.25, -0.2) is 4.79 Å². The van der Waals surface area contributed by atoms with E-state index in [0.717, 1.165) is 5.56 Å². The summed E-state index contributed by atoms with van der Waals surface area (Å²) < 4.78 is 12.5. The molecule has 2 aromatic rings. The van der Waals surface area contributed by atoms with Gasteiger partial charge in [0.1, 0.15) is 18.5 Å². The van der Waals surface area contributed by atoms with Crippen LogP contribution in [-0.4, -0.2) is 39.0 Å². The third-order valence-corrected chi connectivity index (χ3v) is 3.41. The number of nitro benzene ring substituents is 1. The second kappa shape index (κ2) is 8.07. The first-order valence-corrected chi connectivity index (χ1v) is 8.43. The van der Waals surface area contributed by atoms with Gasteiger partial charge in [-0.2, -0.15) is 5.10 Å². The van der Waals surface area contributed by atoms with Crippen LogP contribution < -0.4 is 10.1 Å². The Balaban J connectivity index is 2.08. The quantitative estimate of drug-likeness (QED) is 0.612. The van der Waals surface area contributed by atoms with Gasteiger partial charge in [-0.1, -0.05) is 0 Å².